The first-order chi connectivity index (χ1) is 16.0. The average Bonchev–Trinajstić information content (AvgIpc) is 3.41. The summed E-state index contributed by atoms with van der Waals surface area (Å²) in [6.45, 7) is 1.98. The lowest BCUT2D eigenvalue weighted by molar-refractivity contribution is 0.0194. The van der Waals surface area contributed by atoms with E-state index < -0.39 is 34.6 Å². The lowest BCUT2D eigenvalue weighted by Crippen LogP contribution is -2.61. The number of para-hydroxylation sites is 1. The van der Waals surface area contributed by atoms with Gasteiger partial charge >= 0.3 is 18.5 Å². The van der Waals surface area contributed by atoms with Crippen LogP contribution in [0, 0.1) is 0 Å². The fraction of sp³-hybridized carbons (Fsp3) is 0.304. The summed E-state index contributed by atoms with van der Waals surface area (Å²) in [6.07, 6.45) is 2.91. The van der Waals surface area contributed by atoms with Gasteiger partial charge in [0.15, 0.2) is 3.55 Å². The van der Waals surface area contributed by atoms with Gasteiger partial charge in [0.25, 0.3) is 0 Å². The molecule has 3 aliphatic heterocycles. The van der Waals surface area contributed by atoms with Gasteiger partial charge < -0.3 is 14.0 Å². The number of halogens is 1. The Bertz CT molecular complexity index is 1380. The Morgan fingerprint density at radius 3 is 2.55 bits per heavy atom. The Kier molecular flexibility index (Phi) is 4.84. The van der Waals surface area contributed by atoms with Crippen molar-refractivity contribution < 1.29 is 14.0 Å². The molecule has 2 bridgehead atoms. The minimum absolute atomic E-state index is 0.131. The molecule has 1 aliphatic carbocycles. The summed E-state index contributed by atoms with van der Waals surface area (Å²) < 4.78 is 21.8. The van der Waals surface area contributed by atoms with Crippen molar-refractivity contribution in [2.75, 3.05) is 7.11 Å². The predicted octanol–water partition coefficient (Wildman–Crippen LogP) is 1.90. The maximum absolute atomic E-state index is 13.5. The van der Waals surface area contributed by atoms with Crippen LogP contribution in [0.4, 0.5) is 0 Å². The van der Waals surface area contributed by atoms with Crippen LogP contribution in [0.1, 0.15) is 24.6 Å². The van der Waals surface area contributed by atoms with E-state index in [0.29, 0.717) is 5.69 Å². The van der Waals surface area contributed by atoms with Crippen LogP contribution in [-0.4, -0.2) is 40.4 Å². The quantitative estimate of drug-likeness (QED) is 0.212. The molecular formula is C23H21BIN3O5. The second kappa shape index (κ2) is 7.56. The van der Waals surface area contributed by atoms with Gasteiger partial charge in [0.1, 0.15) is 12.1 Å². The molecular weight excluding hydrogens is 536 g/mol. The second-order valence-corrected chi connectivity index (χ2v) is 10.2. The van der Waals surface area contributed by atoms with Crippen LogP contribution in [0.5, 0.6) is 0 Å². The zero-order valence-electron chi connectivity index (χ0n) is 18.0. The minimum Gasteiger partial charge on any atom is -0.399 e. The number of ether oxygens (including phenoxy) is 1. The summed E-state index contributed by atoms with van der Waals surface area (Å²) in [5.41, 5.74) is 1.62. The highest BCUT2D eigenvalue weighted by Gasteiger charge is 2.61. The molecule has 0 saturated carbocycles. The van der Waals surface area contributed by atoms with Gasteiger partial charge in [-0.25, -0.2) is 23.5 Å². The fourth-order valence-electron chi connectivity index (χ4n) is 5.09. The van der Waals surface area contributed by atoms with E-state index in [1.807, 2.05) is 49.4 Å². The Morgan fingerprint density at radius 2 is 1.79 bits per heavy atom. The van der Waals surface area contributed by atoms with Crippen molar-refractivity contribution in [2.45, 2.75) is 34.8 Å². The van der Waals surface area contributed by atoms with Crippen LogP contribution >= 0.6 is 22.6 Å². The summed E-state index contributed by atoms with van der Waals surface area (Å²) in [5, 5.41) is 0. The van der Waals surface area contributed by atoms with Gasteiger partial charge in [0, 0.05) is 7.11 Å². The van der Waals surface area contributed by atoms with Gasteiger partial charge in [-0.15, -0.1) is 0 Å². The van der Waals surface area contributed by atoms with Crippen LogP contribution in [0.15, 0.2) is 76.3 Å². The smallest absolute Gasteiger partial charge is 0.399 e. The highest BCUT2D eigenvalue weighted by Crippen LogP contribution is 2.49. The topological polar surface area (TPSA) is 76.6 Å². The van der Waals surface area contributed by atoms with Crippen LogP contribution in [0.2, 0.25) is 0 Å². The fourth-order valence-corrected chi connectivity index (χ4v) is 6.24. The summed E-state index contributed by atoms with van der Waals surface area (Å²) >= 11 is 2.21. The first-order valence-electron chi connectivity index (χ1n) is 10.8. The molecule has 1 aromatic heterocycles. The molecule has 0 N–H and O–H groups in total. The summed E-state index contributed by atoms with van der Waals surface area (Å²) in [7, 11) is 1.04. The van der Waals surface area contributed by atoms with E-state index in [1.54, 1.807) is 31.4 Å². The van der Waals surface area contributed by atoms with Crippen LogP contribution in [0.3, 0.4) is 0 Å². The highest BCUT2D eigenvalue weighted by atomic mass is 127. The van der Waals surface area contributed by atoms with Gasteiger partial charge in [0.05, 0.1) is 17.9 Å². The van der Waals surface area contributed by atoms with E-state index in [-0.39, 0.29) is 11.8 Å². The lowest BCUT2D eigenvalue weighted by Gasteiger charge is -2.46. The van der Waals surface area contributed by atoms with Gasteiger partial charge in [-0.2, -0.15) is 0 Å². The Morgan fingerprint density at radius 1 is 1.06 bits per heavy atom. The molecule has 5 atom stereocenters. The van der Waals surface area contributed by atoms with E-state index in [0.717, 1.165) is 11.0 Å². The third-order valence-corrected chi connectivity index (χ3v) is 8.18. The molecule has 4 aliphatic rings. The number of aromatic nitrogens is 3. The van der Waals surface area contributed by atoms with Crippen molar-refractivity contribution in [3.8, 4) is 5.69 Å². The third kappa shape index (κ3) is 2.87. The molecule has 8 nitrogen and oxygen atoms in total. The molecule has 2 aromatic carbocycles. The Balaban J connectivity index is 1.45. The lowest BCUT2D eigenvalue weighted by atomic mass is 9.75. The maximum atomic E-state index is 13.5. The molecule has 1 fully saturated rings. The zero-order chi connectivity index (χ0) is 22.9. The van der Waals surface area contributed by atoms with Crippen molar-refractivity contribution in [1.29, 1.82) is 0 Å². The molecule has 1 saturated heterocycles. The van der Waals surface area contributed by atoms with Gasteiger partial charge in [-0.05, 0) is 58.7 Å². The van der Waals surface area contributed by atoms with Gasteiger partial charge in [-0.1, -0.05) is 48.5 Å². The Labute approximate surface area is 203 Å². The molecule has 0 amide bonds. The van der Waals surface area contributed by atoms with Crippen LogP contribution < -0.4 is 16.8 Å². The van der Waals surface area contributed by atoms with Crippen molar-refractivity contribution in [3.63, 3.8) is 0 Å². The van der Waals surface area contributed by atoms with Crippen molar-refractivity contribution in [1.82, 2.24) is 13.9 Å². The summed E-state index contributed by atoms with van der Waals surface area (Å²) in [4.78, 5) is 27.0. The molecule has 10 heteroatoms. The number of hydrogen-bond donors (Lipinski definition) is 0. The molecule has 168 valence electrons. The predicted molar refractivity (Wildman–Crippen MR) is 131 cm³/mol. The first kappa shape index (κ1) is 21.1. The zero-order valence-corrected chi connectivity index (χ0v) is 20.2. The standard InChI is InChI=1S/C23H21BIN3O5/c1-14(31-2)16-10-6-7-11-17(16)24-32-19-18-12-13-23(25,20(19)33-24)28-22(30)26(21(29)27(18)28)15-8-4-3-5-9-15/h3-14,18-20H,1-2H3/t14-,18+,19+,20+,23-/m1/s1. The third-order valence-electron chi connectivity index (χ3n) is 6.75. The van der Waals surface area contributed by atoms with E-state index in [2.05, 4.69) is 22.6 Å². The molecule has 0 unspecified atom stereocenters. The number of methoxy groups -OCH3 is 1. The monoisotopic (exact) mass is 557 g/mol. The normalized spacial score (nSPS) is 28.1. The molecule has 0 radical (unpaired) electrons. The largest absolute Gasteiger partial charge is 0.495 e. The van der Waals surface area contributed by atoms with Crippen LogP contribution in [-0.2, 0) is 17.6 Å². The van der Waals surface area contributed by atoms with E-state index in [4.69, 9.17) is 14.0 Å². The van der Waals surface area contributed by atoms with E-state index in [1.165, 1.54) is 13.9 Å². The number of rotatable bonds is 4. The van der Waals surface area contributed by atoms with Crippen molar-refractivity contribution in [2.24, 2.45) is 0 Å². The molecule has 7 rings (SSSR count). The average molecular weight is 557 g/mol. The van der Waals surface area contributed by atoms with Gasteiger partial charge in [-0.3, -0.25) is 0 Å². The number of alkyl halides is 1. The van der Waals surface area contributed by atoms with Crippen LogP contribution in [0.25, 0.3) is 5.69 Å². The second-order valence-electron chi connectivity index (χ2n) is 8.47. The maximum Gasteiger partial charge on any atom is 0.495 e. The van der Waals surface area contributed by atoms with Crippen molar-refractivity contribution >= 4 is 35.2 Å². The number of benzene rings is 2. The van der Waals surface area contributed by atoms with E-state index in [9.17, 15) is 9.59 Å². The first-order valence-corrected chi connectivity index (χ1v) is 11.9. The molecule has 4 heterocycles. The van der Waals surface area contributed by atoms with Crippen molar-refractivity contribution in [3.05, 3.63) is 93.3 Å². The minimum atomic E-state index is -0.899. The van der Waals surface area contributed by atoms with E-state index >= 15 is 0 Å². The number of hydrogen-bond acceptors (Lipinski definition) is 5. The highest BCUT2D eigenvalue weighted by molar-refractivity contribution is 14.1. The van der Waals surface area contributed by atoms with Gasteiger partial charge in [0.2, 0.25) is 0 Å². The number of nitrogens with zero attached hydrogens (tertiary/aromatic N) is 3. The summed E-state index contributed by atoms with van der Waals surface area (Å²) in [6, 6.07) is 16.4. The molecule has 0 spiro atoms. The molecule has 33 heavy (non-hydrogen) atoms. The molecule has 3 aromatic rings. The summed E-state index contributed by atoms with van der Waals surface area (Å²) in [5.74, 6) is 0. The Hall–Kier alpha value is -2.41. The SMILES string of the molecule is CO[C@H](C)c1ccccc1B1O[C@H]2[C@@H]3C=C[C@](I)([C@H]2O1)n1c(=O)n(-c2ccccc2)c(=O)n13.